The van der Waals surface area contributed by atoms with Gasteiger partial charge in [0, 0.05) is 26.6 Å². The van der Waals surface area contributed by atoms with Gasteiger partial charge in [-0.05, 0) is 25.1 Å². The van der Waals surface area contributed by atoms with Gasteiger partial charge in [0.05, 0.1) is 5.69 Å². The van der Waals surface area contributed by atoms with Crippen LogP contribution >= 0.6 is 0 Å². The molecule has 0 fully saturated rings. The molecule has 1 aromatic rings. The van der Waals surface area contributed by atoms with Crippen molar-refractivity contribution in [1.82, 2.24) is 10.3 Å². The summed E-state index contributed by atoms with van der Waals surface area (Å²) in [7, 11) is 6.04. The summed E-state index contributed by atoms with van der Waals surface area (Å²) in [4.78, 5) is 6.80. The summed E-state index contributed by atoms with van der Waals surface area (Å²) < 4.78 is 0. The molecule has 0 radical (unpaired) electrons. The van der Waals surface area contributed by atoms with Gasteiger partial charge in [0.2, 0.25) is 0 Å². The molecule has 90 valence electrons. The normalized spacial score (nSPS) is 12.6. The number of aromatic nitrogens is 1. The maximum absolute atomic E-state index is 4.75. The minimum atomic E-state index is 0.458. The van der Waals surface area contributed by atoms with Gasteiger partial charge in [0.25, 0.3) is 0 Å². The van der Waals surface area contributed by atoms with Gasteiger partial charge in [0.1, 0.15) is 5.82 Å². The first-order valence-electron chi connectivity index (χ1n) is 5.91. The summed E-state index contributed by atoms with van der Waals surface area (Å²) in [5.41, 5.74) is 2.58. The largest absolute Gasteiger partial charge is 0.363 e. The van der Waals surface area contributed by atoms with Gasteiger partial charge in [-0.1, -0.05) is 19.9 Å². The first-order chi connectivity index (χ1) is 7.60. The zero-order valence-corrected chi connectivity index (χ0v) is 11.0. The molecule has 1 heterocycles. The Balaban J connectivity index is 3.06. The molecule has 1 N–H and O–H groups in total. The minimum Gasteiger partial charge on any atom is -0.363 e. The van der Waals surface area contributed by atoms with Gasteiger partial charge in [0.15, 0.2) is 0 Å². The second-order valence-electron chi connectivity index (χ2n) is 4.42. The Labute approximate surface area is 98.9 Å². The van der Waals surface area contributed by atoms with Crippen LogP contribution in [0.3, 0.4) is 0 Å². The Bertz CT molecular complexity index is 334. The van der Waals surface area contributed by atoms with Crippen molar-refractivity contribution in [2.45, 2.75) is 26.2 Å². The van der Waals surface area contributed by atoms with E-state index in [1.807, 2.05) is 21.1 Å². The SMILES string of the molecule is CCc1ccc(N(C)C)nc1C(C)CNC. The van der Waals surface area contributed by atoms with E-state index < -0.39 is 0 Å². The monoisotopic (exact) mass is 221 g/mol. The fourth-order valence-electron chi connectivity index (χ4n) is 1.87. The van der Waals surface area contributed by atoms with Crippen LogP contribution in [-0.2, 0) is 6.42 Å². The van der Waals surface area contributed by atoms with Crippen LogP contribution in [0.25, 0.3) is 0 Å². The summed E-state index contributed by atoms with van der Waals surface area (Å²) in [6, 6.07) is 4.29. The maximum atomic E-state index is 4.75. The first-order valence-corrected chi connectivity index (χ1v) is 5.91. The average Bonchev–Trinajstić information content (AvgIpc) is 2.28. The van der Waals surface area contributed by atoms with Crippen molar-refractivity contribution in [3.8, 4) is 0 Å². The Morgan fingerprint density at radius 2 is 2.06 bits per heavy atom. The predicted octanol–water partition coefficient (Wildman–Crippen LogP) is 2.03. The second-order valence-corrected chi connectivity index (χ2v) is 4.42. The quantitative estimate of drug-likeness (QED) is 0.824. The highest BCUT2D eigenvalue weighted by atomic mass is 15.1. The number of rotatable bonds is 5. The molecule has 3 nitrogen and oxygen atoms in total. The van der Waals surface area contributed by atoms with Crippen molar-refractivity contribution in [3.05, 3.63) is 23.4 Å². The Kier molecular flexibility index (Phi) is 4.74. The summed E-state index contributed by atoms with van der Waals surface area (Å²) >= 11 is 0. The van der Waals surface area contributed by atoms with Crippen LogP contribution in [0.4, 0.5) is 5.82 Å². The maximum Gasteiger partial charge on any atom is 0.128 e. The molecule has 0 saturated heterocycles. The molecule has 16 heavy (non-hydrogen) atoms. The highest BCUT2D eigenvalue weighted by molar-refractivity contribution is 5.41. The van der Waals surface area contributed by atoms with Crippen molar-refractivity contribution in [2.24, 2.45) is 0 Å². The van der Waals surface area contributed by atoms with Crippen molar-refractivity contribution in [2.75, 3.05) is 32.6 Å². The van der Waals surface area contributed by atoms with Gasteiger partial charge in [-0.15, -0.1) is 0 Å². The van der Waals surface area contributed by atoms with E-state index in [-0.39, 0.29) is 0 Å². The van der Waals surface area contributed by atoms with Crippen molar-refractivity contribution in [1.29, 1.82) is 0 Å². The van der Waals surface area contributed by atoms with Crippen LogP contribution in [0.5, 0.6) is 0 Å². The van der Waals surface area contributed by atoms with E-state index in [1.165, 1.54) is 11.3 Å². The van der Waals surface area contributed by atoms with Crippen molar-refractivity contribution < 1.29 is 0 Å². The lowest BCUT2D eigenvalue weighted by Gasteiger charge is -2.18. The molecule has 1 rings (SSSR count). The highest BCUT2D eigenvalue weighted by Crippen LogP contribution is 2.21. The van der Waals surface area contributed by atoms with Crippen molar-refractivity contribution >= 4 is 5.82 Å². The van der Waals surface area contributed by atoms with E-state index in [4.69, 9.17) is 4.98 Å². The number of anilines is 1. The Morgan fingerprint density at radius 1 is 1.38 bits per heavy atom. The lowest BCUT2D eigenvalue weighted by molar-refractivity contribution is 0.653. The molecule has 0 aliphatic rings. The summed E-state index contributed by atoms with van der Waals surface area (Å²) in [5.74, 6) is 1.50. The number of nitrogens with zero attached hydrogens (tertiary/aromatic N) is 2. The van der Waals surface area contributed by atoms with E-state index in [9.17, 15) is 0 Å². The number of likely N-dealkylation sites (N-methyl/N-ethyl adjacent to an activating group) is 1. The Hall–Kier alpha value is -1.09. The van der Waals surface area contributed by atoms with E-state index in [1.54, 1.807) is 0 Å². The first kappa shape index (κ1) is 13.0. The fourth-order valence-corrected chi connectivity index (χ4v) is 1.87. The zero-order valence-electron chi connectivity index (χ0n) is 11.0. The molecule has 0 amide bonds. The molecular formula is C13H23N3. The van der Waals surface area contributed by atoms with E-state index in [0.29, 0.717) is 5.92 Å². The van der Waals surface area contributed by atoms with Crippen LogP contribution in [0, 0.1) is 0 Å². The average molecular weight is 221 g/mol. The van der Waals surface area contributed by atoms with Crippen LogP contribution in [0.15, 0.2) is 12.1 Å². The van der Waals surface area contributed by atoms with Gasteiger partial charge in [-0.25, -0.2) is 4.98 Å². The topological polar surface area (TPSA) is 28.2 Å². The number of nitrogens with one attached hydrogen (secondary N) is 1. The van der Waals surface area contributed by atoms with Crippen LogP contribution in [-0.4, -0.2) is 32.7 Å². The molecule has 0 spiro atoms. The van der Waals surface area contributed by atoms with Gasteiger partial charge in [-0.2, -0.15) is 0 Å². The van der Waals surface area contributed by atoms with Crippen LogP contribution in [0.2, 0.25) is 0 Å². The van der Waals surface area contributed by atoms with E-state index >= 15 is 0 Å². The van der Waals surface area contributed by atoms with Gasteiger partial charge >= 0.3 is 0 Å². The summed E-state index contributed by atoms with van der Waals surface area (Å²) in [6.45, 7) is 5.37. The third-order valence-corrected chi connectivity index (χ3v) is 2.81. The number of hydrogen-bond donors (Lipinski definition) is 1. The lowest BCUT2D eigenvalue weighted by atomic mass is 10.00. The standard InChI is InChI=1S/C13H23N3/c1-6-11-7-8-12(16(4)5)15-13(11)10(2)9-14-3/h7-8,10,14H,6,9H2,1-5H3. The molecular weight excluding hydrogens is 198 g/mol. The molecule has 1 aromatic heterocycles. The van der Waals surface area contributed by atoms with Crippen molar-refractivity contribution in [3.63, 3.8) is 0 Å². The summed E-state index contributed by atoms with van der Waals surface area (Å²) in [5, 5.41) is 3.21. The molecule has 1 atom stereocenters. The molecule has 0 saturated carbocycles. The van der Waals surface area contributed by atoms with Gasteiger partial charge in [-0.3, -0.25) is 0 Å². The molecule has 0 aromatic carbocycles. The third kappa shape index (κ3) is 2.95. The smallest absolute Gasteiger partial charge is 0.128 e. The fraction of sp³-hybridized carbons (Fsp3) is 0.615. The molecule has 0 aliphatic carbocycles. The molecule has 0 bridgehead atoms. The molecule has 1 unspecified atom stereocenters. The number of pyridine rings is 1. The van der Waals surface area contributed by atoms with E-state index in [2.05, 4.69) is 36.2 Å². The number of aryl methyl sites for hydroxylation is 1. The molecule has 0 aliphatic heterocycles. The molecule has 3 heteroatoms. The second kappa shape index (κ2) is 5.85. The lowest BCUT2D eigenvalue weighted by Crippen LogP contribution is -2.19. The summed E-state index contributed by atoms with van der Waals surface area (Å²) in [6.07, 6.45) is 1.05. The number of hydrogen-bond acceptors (Lipinski definition) is 3. The van der Waals surface area contributed by atoms with Gasteiger partial charge < -0.3 is 10.2 Å². The Morgan fingerprint density at radius 3 is 2.56 bits per heavy atom. The minimum absolute atomic E-state index is 0.458. The predicted molar refractivity (Wildman–Crippen MR) is 70.3 cm³/mol. The zero-order chi connectivity index (χ0) is 12.1. The third-order valence-electron chi connectivity index (χ3n) is 2.81. The highest BCUT2D eigenvalue weighted by Gasteiger charge is 2.12. The van der Waals surface area contributed by atoms with Crippen LogP contribution < -0.4 is 10.2 Å². The van der Waals surface area contributed by atoms with E-state index in [0.717, 1.165) is 18.8 Å². The van der Waals surface area contributed by atoms with Crippen LogP contribution in [0.1, 0.15) is 31.0 Å².